The monoisotopic (exact) mass is 582 g/mol. The van der Waals surface area contributed by atoms with Gasteiger partial charge in [0.2, 0.25) is 11.8 Å². The van der Waals surface area contributed by atoms with Gasteiger partial charge in [-0.15, -0.1) is 0 Å². The van der Waals surface area contributed by atoms with Crippen molar-refractivity contribution < 1.29 is 19.4 Å². The summed E-state index contributed by atoms with van der Waals surface area (Å²) >= 11 is 12.1. The third-order valence-electron chi connectivity index (χ3n) is 5.85. The maximum Gasteiger partial charge on any atom is 0.226 e. The van der Waals surface area contributed by atoms with Crippen LogP contribution in [0.5, 0.6) is 0 Å². The lowest BCUT2D eigenvalue weighted by Crippen LogP contribution is -2.23. The maximum absolute atomic E-state index is 11.8. The van der Waals surface area contributed by atoms with Crippen molar-refractivity contribution >= 4 is 40.7 Å². The van der Waals surface area contributed by atoms with E-state index in [9.17, 15) is 14.7 Å². The van der Waals surface area contributed by atoms with Gasteiger partial charge in [0.25, 0.3) is 0 Å². The Morgan fingerprint density at radius 3 is 2.08 bits per heavy atom. The van der Waals surface area contributed by atoms with Crippen LogP contribution in [0, 0.1) is 0 Å². The van der Waals surface area contributed by atoms with Gasteiger partial charge in [-0.05, 0) is 73.9 Å². The van der Waals surface area contributed by atoms with Crippen LogP contribution in [0.1, 0.15) is 61.8 Å². The van der Waals surface area contributed by atoms with E-state index in [2.05, 4.69) is 23.2 Å². The largest absolute Gasteiger partial charge is 0.396 e. The molecule has 39 heavy (non-hydrogen) atoms. The summed E-state index contributed by atoms with van der Waals surface area (Å²) in [4.78, 5) is 22.6. The number of primary amides is 1. The summed E-state index contributed by atoms with van der Waals surface area (Å²) in [6.45, 7) is 4.13. The number of halogens is 2. The van der Waals surface area contributed by atoms with Crippen LogP contribution >= 0.6 is 23.2 Å². The number of amides is 2. The molecule has 0 saturated heterocycles. The van der Waals surface area contributed by atoms with Gasteiger partial charge in [-0.1, -0.05) is 47.5 Å². The number of benzene rings is 2. The summed E-state index contributed by atoms with van der Waals surface area (Å²) in [6, 6.07) is 11.6. The molecule has 0 fully saturated rings. The van der Waals surface area contributed by atoms with Crippen molar-refractivity contribution in [3.05, 3.63) is 63.1 Å². The number of aliphatic hydroxyl groups excluding tert-OH is 1. The van der Waals surface area contributed by atoms with Gasteiger partial charge in [0.15, 0.2) is 0 Å². The lowest BCUT2D eigenvalue weighted by Gasteiger charge is -2.14. The van der Waals surface area contributed by atoms with E-state index in [-0.39, 0.29) is 11.8 Å². The van der Waals surface area contributed by atoms with Crippen LogP contribution in [0.2, 0.25) is 10.0 Å². The number of nitrogens with one attached hydrogen (secondary N) is 1. The zero-order valence-electron chi connectivity index (χ0n) is 23.3. The zero-order chi connectivity index (χ0) is 29.2. The number of hydrogen-bond donors (Lipinski definition) is 4. The van der Waals surface area contributed by atoms with Crippen LogP contribution in [-0.2, 0) is 27.2 Å². The number of aryl methyl sites for hydroxylation is 1. The highest BCUT2D eigenvalue weighted by Crippen LogP contribution is 2.31. The SMILES string of the molecule is CC(N)=O.CN(C)C(=O)Cc1ccc(CCCCOCCCCCNCC(O)c2cc(Cl)c(N)c(Cl)c2)cc1. The van der Waals surface area contributed by atoms with Crippen LogP contribution < -0.4 is 16.8 Å². The van der Waals surface area contributed by atoms with Crippen LogP contribution in [0.3, 0.4) is 0 Å². The molecule has 0 aromatic heterocycles. The molecule has 1 unspecified atom stereocenters. The molecule has 0 heterocycles. The molecule has 218 valence electrons. The van der Waals surface area contributed by atoms with Crippen molar-refractivity contribution in [1.29, 1.82) is 0 Å². The smallest absolute Gasteiger partial charge is 0.226 e. The summed E-state index contributed by atoms with van der Waals surface area (Å²) in [5, 5.41) is 14.3. The van der Waals surface area contributed by atoms with Crippen molar-refractivity contribution in [2.75, 3.05) is 46.1 Å². The average Bonchev–Trinajstić information content (AvgIpc) is 2.88. The molecular weight excluding hydrogens is 539 g/mol. The predicted molar refractivity (Wildman–Crippen MR) is 160 cm³/mol. The topological polar surface area (TPSA) is 131 Å². The number of unbranched alkanes of at least 4 members (excludes halogenated alkanes) is 3. The number of nitrogens with zero attached hydrogens (tertiary/aromatic N) is 1. The summed E-state index contributed by atoms with van der Waals surface area (Å²) in [5.74, 6) is -0.212. The molecule has 0 aliphatic heterocycles. The fourth-order valence-corrected chi connectivity index (χ4v) is 4.08. The van der Waals surface area contributed by atoms with Crippen LogP contribution in [0.25, 0.3) is 0 Å². The Bertz CT molecular complexity index is 976. The van der Waals surface area contributed by atoms with E-state index in [0.29, 0.717) is 34.3 Å². The Balaban J connectivity index is 0.00000177. The van der Waals surface area contributed by atoms with E-state index in [1.807, 2.05) is 12.1 Å². The van der Waals surface area contributed by atoms with Gasteiger partial charge in [-0.2, -0.15) is 0 Å². The number of ether oxygens (including phenoxy) is 1. The molecule has 0 radical (unpaired) electrons. The molecule has 6 N–H and O–H groups in total. The van der Waals surface area contributed by atoms with Crippen molar-refractivity contribution in [3.63, 3.8) is 0 Å². The van der Waals surface area contributed by atoms with E-state index < -0.39 is 6.10 Å². The molecule has 2 aromatic carbocycles. The van der Waals surface area contributed by atoms with E-state index in [1.165, 1.54) is 12.5 Å². The number of anilines is 1. The van der Waals surface area contributed by atoms with Gasteiger partial charge >= 0.3 is 0 Å². The number of hydrogen-bond acceptors (Lipinski definition) is 6. The van der Waals surface area contributed by atoms with Gasteiger partial charge in [0.05, 0.1) is 28.3 Å². The van der Waals surface area contributed by atoms with E-state index in [0.717, 1.165) is 63.8 Å². The van der Waals surface area contributed by atoms with Crippen molar-refractivity contribution in [2.45, 2.75) is 58.0 Å². The molecular formula is C29H44Cl2N4O4. The number of rotatable bonds is 16. The first-order valence-corrected chi connectivity index (χ1v) is 14.0. The lowest BCUT2D eigenvalue weighted by molar-refractivity contribution is -0.128. The van der Waals surface area contributed by atoms with Crippen molar-refractivity contribution in [1.82, 2.24) is 10.2 Å². The summed E-state index contributed by atoms with van der Waals surface area (Å²) < 4.78 is 5.75. The number of aliphatic hydroxyl groups is 1. The zero-order valence-corrected chi connectivity index (χ0v) is 24.9. The highest BCUT2D eigenvalue weighted by atomic mass is 35.5. The van der Waals surface area contributed by atoms with Gasteiger partial charge in [0.1, 0.15) is 0 Å². The fourth-order valence-electron chi connectivity index (χ4n) is 3.58. The second kappa shape index (κ2) is 19.7. The quantitative estimate of drug-likeness (QED) is 0.170. The van der Waals surface area contributed by atoms with Crippen LogP contribution in [0.15, 0.2) is 36.4 Å². The second-order valence-electron chi connectivity index (χ2n) is 9.64. The highest BCUT2D eigenvalue weighted by Gasteiger charge is 2.12. The molecule has 2 amide bonds. The minimum atomic E-state index is -0.681. The molecule has 0 spiro atoms. The molecule has 2 aromatic rings. The first-order valence-electron chi connectivity index (χ1n) is 13.3. The normalized spacial score (nSPS) is 11.4. The summed E-state index contributed by atoms with van der Waals surface area (Å²) in [6.07, 6.45) is 6.05. The Kier molecular flexibility index (Phi) is 17.5. The minimum absolute atomic E-state index is 0.121. The minimum Gasteiger partial charge on any atom is -0.396 e. The maximum atomic E-state index is 11.8. The van der Waals surface area contributed by atoms with Gasteiger partial charge in [-0.25, -0.2) is 0 Å². The lowest BCUT2D eigenvalue weighted by atomic mass is 10.0. The number of carbonyl (C=O) groups excluding carboxylic acids is 2. The first kappa shape index (κ1) is 34.7. The standard InChI is InChI=1S/C27H39Cl2N3O3.C2H5NO/c1-32(2)26(34)16-21-11-9-20(10-12-21)8-4-7-15-35-14-6-3-5-13-31-19-25(33)22-17-23(28)27(30)24(29)18-22;1-2(3)4/h9-12,17-18,25,31,33H,3-8,13-16,19,30H2,1-2H3;1H3,(H2,3,4). The van der Waals surface area contributed by atoms with Gasteiger partial charge in [0, 0.05) is 40.8 Å². The predicted octanol–water partition coefficient (Wildman–Crippen LogP) is 4.53. The molecule has 2 rings (SSSR count). The number of nitrogen functional groups attached to an aromatic ring is 1. The van der Waals surface area contributed by atoms with E-state index >= 15 is 0 Å². The molecule has 0 bridgehead atoms. The second-order valence-corrected chi connectivity index (χ2v) is 10.5. The Morgan fingerprint density at radius 2 is 1.51 bits per heavy atom. The number of carbonyl (C=O) groups is 2. The molecule has 0 aliphatic carbocycles. The third kappa shape index (κ3) is 15.7. The molecule has 0 saturated carbocycles. The molecule has 8 nitrogen and oxygen atoms in total. The van der Waals surface area contributed by atoms with E-state index in [1.54, 1.807) is 31.1 Å². The van der Waals surface area contributed by atoms with Crippen LogP contribution in [-0.4, -0.2) is 62.2 Å². The fraction of sp³-hybridized carbons (Fsp3) is 0.517. The van der Waals surface area contributed by atoms with Crippen molar-refractivity contribution in [3.8, 4) is 0 Å². The molecule has 0 aliphatic rings. The van der Waals surface area contributed by atoms with E-state index in [4.69, 9.17) is 33.7 Å². The van der Waals surface area contributed by atoms with Gasteiger partial charge in [-0.3, -0.25) is 9.59 Å². The first-order chi connectivity index (χ1) is 18.5. The number of nitrogens with two attached hydrogens (primary N) is 2. The summed E-state index contributed by atoms with van der Waals surface area (Å²) in [5.41, 5.74) is 13.5. The number of likely N-dealkylation sites (N-methyl/N-ethyl adjacent to an activating group) is 1. The Morgan fingerprint density at radius 1 is 0.974 bits per heavy atom. The Labute approximate surface area is 243 Å². The Hall–Kier alpha value is -2.36. The third-order valence-corrected chi connectivity index (χ3v) is 6.47. The van der Waals surface area contributed by atoms with Gasteiger partial charge < -0.3 is 31.5 Å². The highest BCUT2D eigenvalue weighted by molar-refractivity contribution is 6.38. The average molecular weight is 584 g/mol. The summed E-state index contributed by atoms with van der Waals surface area (Å²) in [7, 11) is 3.56. The van der Waals surface area contributed by atoms with Crippen molar-refractivity contribution in [2.24, 2.45) is 5.73 Å². The van der Waals surface area contributed by atoms with Crippen LogP contribution in [0.4, 0.5) is 5.69 Å². The molecule has 1 atom stereocenters. The molecule has 10 heteroatoms.